The number of hydrogen-bond acceptors (Lipinski definition) is 2. The highest BCUT2D eigenvalue weighted by Gasteiger charge is 2.24. The molecule has 0 bridgehead atoms. The van der Waals surface area contributed by atoms with Gasteiger partial charge in [-0.25, -0.2) is 4.98 Å². The van der Waals surface area contributed by atoms with Gasteiger partial charge in [-0.05, 0) is 48.5 Å². The molecule has 1 aliphatic carbocycles. The predicted octanol–water partition coefficient (Wildman–Crippen LogP) is 9.47. The molecular formula is C38H22N4. The third kappa shape index (κ3) is 2.76. The van der Waals surface area contributed by atoms with Crippen molar-refractivity contribution in [1.29, 1.82) is 0 Å². The molecular weight excluding hydrogens is 512 g/mol. The molecule has 0 unspecified atom stereocenters. The van der Waals surface area contributed by atoms with Crippen molar-refractivity contribution in [2.24, 2.45) is 0 Å². The van der Waals surface area contributed by atoms with E-state index in [2.05, 4.69) is 135 Å². The van der Waals surface area contributed by atoms with Crippen molar-refractivity contribution in [2.45, 2.75) is 0 Å². The van der Waals surface area contributed by atoms with Crippen molar-refractivity contribution in [1.82, 2.24) is 19.1 Å². The number of hydrogen-bond donors (Lipinski definition) is 0. The van der Waals surface area contributed by atoms with Crippen LogP contribution in [0.5, 0.6) is 0 Å². The van der Waals surface area contributed by atoms with E-state index >= 15 is 0 Å². The number of aromatic nitrogens is 4. The first kappa shape index (κ1) is 22.0. The molecule has 4 heteroatoms. The molecule has 0 N–H and O–H groups in total. The summed E-state index contributed by atoms with van der Waals surface area (Å²) in [4.78, 5) is 9.82. The monoisotopic (exact) mass is 534 g/mol. The largest absolute Gasteiger partial charge is 0.309 e. The molecule has 42 heavy (non-hydrogen) atoms. The van der Waals surface area contributed by atoms with E-state index in [1.807, 2.05) is 12.4 Å². The van der Waals surface area contributed by atoms with E-state index in [4.69, 9.17) is 4.98 Å². The highest BCUT2D eigenvalue weighted by atomic mass is 15.1. The van der Waals surface area contributed by atoms with Crippen LogP contribution in [0.2, 0.25) is 0 Å². The molecule has 0 aliphatic heterocycles. The Hall–Kier alpha value is -5.74. The van der Waals surface area contributed by atoms with Crippen molar-refractivity contribution in [3.63, 3.8) is 0 Å². The molecule has 10 rings (SSSR count). The SMILES string of the molecule is c1cc2c3c(cncc3c1)-c1ccc(-n3c4ccccc4c4cc(-n5c6ccccc6c6ccccc65)ccc43)nc1-2. The van der Waals surface area contributed by atoms with E-state index in [-0.39, 0.29) is 0 Å². The first-order valence-corrected chi connectivity index (χ1v) is 14.3. The second-order valence-corrected chi connectivity index (χ2v) is 11.1. The van der Waals surface area contributed by atoms with Gasteiger partial charge in [0.2, 0.25) is 0 Å². The van der Waals surface area contributed by atoms with Gasteiger partial charge < -0.3 is 4.57 Å². The summed E-state index contributed by atoms with van der Waals surface area (Å²) in [5.41, 5.74) is 10.4. The Balaban J connectivity index is 1.24. The molecule has 4 aromatic heterocycles. The second kappa shape index (κ2) is 7.93. The van der Waals surface area contributed by atoms with Crippen LogP contribution in [-0.2, 0) is 0 Å². The Morgan fingerprint density at radius 3 is 1.88 bits per heavy atom. The molecule has 9 aromatic rings. The third-order valence-corrected chi connectivity index (χ3v) is 8.93. The zero-order valence-electron chi connectivity index (χ0n) is 22.5. The molecule has 4 nitrogen and oxygen atoms in total. The first-order valence-electron chi connectivity index (χ1n) is 14.3. The van der Waals surface area contributed by atoms with E-state index in [9.17, 15) is 0 Å². The maximum absolute atomic E-state index is 5.32. The number of benzene rings is 5. The maximum Gasteiger partial charge on any atom is 0.138 e. The van der Waals surface area contributed by atoms with E-state index < -0.39 is 0 Å². The zero-order valence-corrected chi connectivity index (χ0v) is 22.5. The van der Waals surface area contributed by atoms with Gasteiger partial charge in [0.05, 0.1) is 27.8 Å². The lowest BCUT2D eigenvalue weighted by Gasteiger charge is -2.11. The molecule has 0 spiro atoms. The summed E-state index contributed by atoms with van der Waals surface area (Å²) >= 11 is 0. The number of rotatable bonds is 2. The lowest BCUT2D eigenvalue weighted by molar-refractivity contribution is 1.09. The maximum atomic E-state index is 5.32. The molecule has 0 saturated carbocycles. The molecule has 0 fully saturated rings. The van der Waals surface area contributed by atoms with Gasteiger partial charge in [0.25, 0.3) is 0 Å². The first-order chi connectivity index (χ1) is 20.8. The van der Waals surface area contributed by atoms with Crippen molar-refractivity contribution in [3.8, 4) is 33.9 Å². The van der Waals surface area contributed by atoms with Gasteiger partial charge in [0.1, 0.15) is 5.82 Å². The molecule has 0 atom stereocenters. The van der Waals surface area contributed by atoms with Gasteiger partial charge in [-0.1, -0.05) is 72.8 Å². The van der Waals surface area contributed by atoms with Crippen LogP contribution in [0.3, 0.4) is 0 Å². The Morgan fingerprint density at radius 1 is 0.452 bits per heavy atom. The Kier molecular flexibility index (Phi) is 4.15. The summed E-state index contributed by atoms with van der Waals surface area (Å²) in [7, 11) is 0. The summed E-state index contributed by atoms with van der Waals surface area (Å²) in [6.45, 7) is 0. The van der Waals surface area contributed by atoms with E-state index in [0.717, 1.165) is 44.7 Å². The van der Waals surface area contributed by atoms with Crippen LogP contribution in [0.1, 0.15) is 0 Å². The van der Waals surface area contributed by atoms with E-state index in [1.165, 1.54) is 43.5 Å². The lowest BCUT2D eigenvalue weighted by Crippen LogP contribution is -1.99. The molecule has 5 aromatic carbocycles. The molecule has 0 radical (unpaired) electrons. The van der Waals surface area contributed by atoms with Crippen LogP contribution in [0.25, 0.3) is 88.3 Å². The number of fused-ring (bicyclic) bond motifs is 9. The highest BCUT2D eigenvalue weighted by molar-refractivity contribution is 6.15. The Morgan fingerprint density at radius 2 is 1.12 bits per heavy atom. The molecule has 0 saturated heterocycles. The van der Waals surface area contributed by atoms with Crippen LogP contribution in [0.4, 0.5) is 0 Å². The van der Waals surface area contributed by atoms with Gasteiger partial charge in [0.15, 0.2) is 0 Å². The summed E-state index contributed by atoms with van der Waals surface area (Å²) < 4.78 is 4.69. The van der Waals surface area contributed by atoms with Gasteiger partial charge in [0, 0.05) is 67.1 Å². The second-order valence-electron chi connectivity index (χ2n) is 11.1. The zero-order chi connectivity index (χ0) is 27.4. The molecule has 0 amide bonds. The number of pyridine rings is 2. The number of nitrogens with zero attached hydrogens (tertiary/aromatic N) is 4. The fraction of sp³-hybridized carbons (Fsp3) is 0. The van der Waals surface area contributed by atoms with Crippen LogP contribution in [0, 0.1) is 0 Å². The van der Waals surface area contributed by atoms with Crippen LogP contribution < -0.4 is 0 Å². The predicted molar refractivity (Wildman–Crippen MR) is 173 cm³/mol. The van der Waals surface area contributed by atoms with Crippen molar-refractivity contribution >= 4 is 54.4 Å². The van der Waals surface area contributed by atoms with Crippen molar-refractivity contribution in [2.75, 3.05) is 0 Å². The third-order valence-electron chi connectivity index (χ3n) is 8.93. The lowest BCUT2D eigenvalue weighted by atomic mass is 10.1. The fourth-order valence-corrected chi connectivity index (χ4v) is 7.18. The summed E-state index contributed by atoms with van der Waals surface area (Å²) in [5.74, 6) is 0.919. The summed E-state index contributed by atoms with van der Waals surface area (Å²) in [6.07, 6.45) is 3.91. The Labute approximate surface area is 240 Å². The fourth-order valence-electron chi connectivity index (χ4n) is 7.18. The quantitative estimate of drug-likeness (QED) is 0.221. The van der Waals surface area contributed by atoms with Crippen LogP contribution >= 0.6 is 0 Å². The molecule has 4 heterocycles. The topological polar surface area (TPSA) is 35.6 Å². The average Bonchev–Trinajstić information content (AvgIpc) is 3.68. The minimum absolute atomic E-state index is 0.919. The molecule has 194 valence electrons. The van der Waals surface area contributed by atoms with Crippen molar-refractivity contribution < 1.29 is 0 Å². The number of para-hydroxylation sites is 3. The van der Waals surface area contributed by atoms with E-state index in [0.29, 0.717) is 0 Å². The van der Waals surface area contributed by atoms with Gasteiger partial charge in [-0.15, -0.1) is 0 Å². The van der Waals surface area contributed by atoms with Gasteiger partial charge >= 0.3 is 0 Å². The van der Waals surface area contributed by atoms with Gasteiger partial charge in [-0.3, -0.25) is 9.55 Å². The van der Waals surface area contributed by atoms with Gasteiger partial charge in [-0.2, -0.15) is 0 Å². The molecule has 1 aliphatic rings. The normalized spacial score (nSPS) is 12.3. The smallest absolute Gasteiger partial charge is 0.138 e. The average molecular weight is 535 g/mol. The minimum atomic E-state index is 0.919. The highest BCUT2D eigenvalue weighted by Crippen LogP contribution is 2.46. The summed E-state index contributed by atoms with van der Waals surface area (Å²) in [5, 5.41) is 7.35. The van der Waals surface area contributed by atoms with Crippen molar-refractivity contribution in [3.05, 3.63) is 134 Å². The van der Waals surface area contributed by atoms with E-state index in [1.54, 1.807) is 0 Å². The van der Waals surface area contributed by atoms with Crippen LogP contribution in [0.15, 0.2) is 134 Å². The standard InChI is InChI=1S/C38H22N4/c1-4-13-32-25(9-1)26-10-2-5-14-33(26)41(32)24-16-18-35-30(20-24)27-11-3-6-15-34(27)42(35)36-19-17-28-31-22-39-21-23-8-7-12-29(37(23)31)38(28)40-36/h1-22H. The Bertz CT molecular complexity index is 2530. The summed E-state index contributed by atoms with van der Waals surface area (Å²) in [6, 6.07) is 43.6. The van der Waals surface area contributed by atoms with Crippen LogP contribution in [-0.4, -0.2) is 19.1 Å². The minimum Gasteiger partial charge on any atom is -0.309 e.